The van der Waals surface area contributed by atoms with Gasteiger partial charge in [-0.15, -0.1) is 0 Å². The standard InChI is InChI=1S/C13H22N4O2/c1-3-17-12(11(14)8(2)16-17)13(19)15-9-4-6-10(18)7-5-9/h9-10,18H,3-7,14H2,1-2H3,(H,15,19). The molecular weight excluding hydrogens is 244 g/mol. The van der Waals surface area contributed by atoms with Crippen LogP contribution in [-0.4, -0.2) is 32.9 Å². The highest BCUT2D eigenvalue weighted by Crippen LogP contribution is 2.20. The van der Waals surface area contributed by atoms with Gasteiger partial charge in [-0.25, -0.2) is 0 Å². The monoisotopic (exact) mass is 266 g/mol. The normalized spacial score (nSPS) is 23.3. The minimum absolute atomic E-state index is 0.121. The molecule has 0 saturated heterocycles. The fraction of sp³-hybridized carbons (Fsp3) is 0.692. The molecule has 1 fully saturated rings. The van der Waals surface area contributed by atoms with E-state index in [9.17, 15) is 9.90 Å². The summed E-state index contributed by atoms with van der Waals surface area (Å²) in [7, 11) is 0. The van der Waals surface area contributed by atoms with Gasteiger partial charge in [-0.05, 0) is 39.5 Å². The quantitative estimate of drug-likeness (QED) is 0.755. The van der Waals surface area contributed by atoms with E-state index in [2.05, 4.69) is 10.4 Å². The lowest BCUT2D eigenvalue weighted by atomic mass is 9.93. The third kappa shape index (κ3) is 2.89. The first-order valence-corrected chi connectivity index (χ1v) is 6.84. The third-order valence-electron chi connectivity index (χ3n) is 3.72. The number of hydrogen-bond donors (Lipinski definition) is 3. The van der Waals surface area contributed by atoms with Gasteiger partial charge in [-0.1, -0.05) is 0 Å². The summed E-state index contributed by atoms with van der Waals surface area (Å²) in [6, 6.07) is 0.121. The van der Waals surface area contributed by atoms with Crippen LogP contribution in [0.25, 0.3) is 0 Å². The molecule has 1 aromatic heterocycles. The van der Waals surface area contributed by atoms with Crippen molar-refractivity contribution in [3.8, 4) is 0 Å². The summed E-state index contributed by atoms with van der Waals surface area (Å²) in [5, 5.41) is 16.7. The maximum absolute atomic E-state index is 12.3. The van der Waals surface area contributed by atoms with E-state index >= 15 is 0 Å². The number of amides is 1. The van der Waals surface area contributed by atoms with E-state index in [1.165, 1.54) is 0 Å². The summed E-state index contributed by atoms with van der Waals surface area (Å²) < 4.78 is 1.64. The highest BCUT2D eigenvalue weighted by molar-refractivity contribution is 5.98. The van der Waals surface area contributed by atoms with Crippen molar-refractivity contribution >= 4 is 11.6 Å². The Bertz CT molecular complexity index is 461. The van der Waals surface area contributed by atoms with Gasteiger partial charge in [-0.3, -0.25) is 9.48 Å². The van der Waals surface area contributed by atoms with Gasteiger partial charge < -0.3 is 16.2 Å². The lowest BCUT2D eigenvalue weighted by Crippen LogP contribution is -2.39. The summed E-state index contributed by atoms with van der Waals surface area (Å²) in [5.41, 5.74) is 7.51. The molecule has 4 N–H and O–H groups in total. The molecule has 1 amide bonds. The van der Waals surface area contributed by atoms with Crippen LogP contribution in [-0.2, 0) is 6.54 Å². The third-order valence-corrected chi connectivity index (χ3v) is 3.72. The summed E-state index contributed by atoms with van der Waals surface area (Å²) in [5.74, 6) is -0.165. The Morgan fingerprint density at radius 3 is 2.68 bits per heavy atom. The smallest absolute Gasteiger partial charge is 0.271 e. The van der Waals surface area contributed by atoms with Gasteiger partial charge in [0.1, 0.15) is 5.69 Å². The molecule has 0 bridgehead atoms. The number of hydrogen-bond acceptors (Lipinski definition) is 4. The first-order chi connectivity index (χ1) is 9.02. The minimum Gasteiger partial charge on any atom is -0.395 e. The van der Waals surface area contributed by atoms with Gasteiger partial charge in [0.25, 0.3) is 5.91 Å². The Balaban J connectivity index is 2.08. The summed E-state index contributed by atoms with van der Waals surface area (Å²) in [6.07, 6.45) is 2.89. The van der Waals surface area contributed by atoms with Gasteiger partial charge >= 0.3 is 0 Å². The summed E-state index contributed by atoms with van der Waals surface area (Å²) in [4.78, 5) is 12.3. The SMILES string of the molecule is CCn1nc(C)c(N)c1C(=O)NC1CCC(O)CC1. The van der Waals surface area contributed by atoms with E-state index < -0.39 is 0 Å². The maximum atomic E-state index is 12.3. The molecule has 6 heteroatoms. The fourth-order valence-corrected chi connectivity index (χ4v) is 2.54. The molecule has 6 nitrogen and oxygen atoms in total. The van der Waals surface area contributed by atoms with Gasteiger partial charge in [0, 0.05) is 12.6 Å². The zero-order chi connectivity index (χ0) is 14.0. The van der Waals surface area contributed by atoms with E-state index in [1.807, 2.05) is 6.92 Å². The molecule has 1 aliphatic carbocycles. The van der Waals surface area contributed by atoms with Crippen LogP contribution in [0.1, 0.15) is 48.8 Å². The average Bonchev–Trinajstić information content (AvgIpc) is 2.68. The number of nitrogen functional groups attached to an aromatic ring is 1. The van der Waals surface area contributed by atoms with Crippen LogP contribution in [0.5, 0.6) is 0 Å². The first-order valence-electron chi connectivity index (χ1n) is 6.84. The molecule has 0 radical (unpaired) electrons. The van der Waals surface area contributed by atoms with Gasteiger partial charge in [0.15, 0.2) is 0 Å². The van der Waals surface area contributed by atoms with Crippen molar-refractivity contribution in [3.63, 3.8) is 0 Å². The van der Waals surface area contributed by atoms with Gasteiger partial charge in [0.2, 0.25) is 0 Å². The molecule has 19 heavy (non-hydrogen) atoms. The predicted molar refractivity (Wildman–Crippen MR) is 72.8 cm³/mol. The number of aliphatic hydroxyl groups excluding tert-OH is 1. The molecule has 0 atom stereocenters. The number of aromatic nitrogens is 2. The van der Waals surface area contributed by atoms with Crippen LogP contribution in [0.3, 0.4) is 0 Å². The highest BCUT2D eigenvalue weighted by atomic mass is 16.3. The van der Waals surface area contributed by atoms with Crippen LogP contribution in [0.4, 0.5) is 5.69 Å². The molecule has 0 unspecified atom stereocenters. The fourth-order valence-electron chi connectivity index (χ4n) is 2.54. The number of aliphatic hydroxyl groups is 1. The van der Waals surface area contributed by atoms with Crippen LogP contribution in [0, 0.1) is 6.92 Å². The first kappa shape index (κ1) is 13.9. The lowest BCUT2D eigenvalue weighted by Gasteiger charge is -2.26. The summed E-state index contributed by atoms with van der Waals surface area (Å²) in [6.45, 7) is 4.35. The zero-order valence-corrected chi connectivity index (χ0v) is 11.5. The topological polar surface area (TPSA) is 93.2 Å². The number of aryl methyl sites for hydroxylation is 2. The highest BCUT2D eigenvalue weighted by Gasteiger charge is 2.24. The molecule has 1 aliphatic rings. The van der Waals surface area contributed by atoms with Crippen molar-refractivity contribution in [2.75, 3.05) is 5.73 Å². The van der Waals surface area contributed by atoms with Gasteiger partial charge in [-0.2, -0.15) is 5.10 Å². The lowest BCUT2D eigenvalue weighted by molar-refractivity contribution is 0.0859. The molecule has 1 aromatic rings. The number of nitrogens with one attached hydrogen (secondary N) is 1. The van der Waals surface area contributed by atoms with Crippen molar-refractivity contribution < 1.29 is 9.90 Å². The molecule has 106 valence electrons. The van der Waals surface area contributed by atoms with E-state index in [0.29, 0.717) is 23.6 Å². The number of nitrogens with zero attached hydrogens (tertiary/aromatic N) is 2. The second-order valence-electron chi connectivity index (χ2n) is 5.14. The van der Waals surface area contributed by atoms with E-state index in [4.69, 9.17) is 5.73 Å². The van der Waals surface area contributed by atoms with Crippen molar-refractivity contribution in [2.45, 2.75) is 58.2 Å². The molecule has 1 heterocycles. The van der Waals surface area contributed by atoms with Crippen molar-refractivity contribution in [2.24, 2.45) is 0 Å². The van der Waals surface area contributed by atoms with E-state index in [-0.39, 0.29) is 18.1 Å². The maximum Gasteiger partial charge on any atom is 0.271 e. The van der Waals surface area contributed by atoms with Crippen molar-refractivity contribution in [1.29, 1.82) is 0 Å². The van der Waals surface area contributed by atoms with Crippen LogP contribution in [0.15, 0.2) is 0 Å². The van der Waals surface area contributed by atoms with Crippen molar-refractivity contribution in [3.05, 3.63) is 11.4 Å². The summed E-state index contributed by atoms with van der Waals surface area (Å²) >= 11 is 0. The largest absolute Gasteiger partial charge is 0.395 e. The van der Waals surface area contributed by atoms with Gasteiger partial charge in [0.05, 0.1) is 17.5 Å². The number of rotatable bonds is 3. The Morgan fingerprint density at radius 1 is 1.47 bits per heavy atom. The zero-order valence-electron chi connectivity index (χ0n) is 11.5. The van der Waals surface area contributed by atoms with Crippen molar-refractivity contribution in [1.82, 2.24) is 15.1 Å². The number of nitrogens with two attached hydrogens (primary N) is 1. The number of carbonyl (C=O) groups excluding carboxylic acids is 1. The Kier molecular flexibility index (Phi) is 4.09. The molecule has 0 aromatic carbocycles. The Morgan fingerprint density at radius 2 is 2.11 bits per heavy atom. The average molecular weight is 266 g/mol. The van der Waals surface area contributed by atoms with E-state index in [0.717, 1.165) is 25.7 Å². The minimum atomic E-state index is -0.221. The molecule has 2 rings (SSSR count). The molecule has 1 saturated carbocycles. The number of anilines is 1. The second kappa shape index (κ2) is 5.61. The Labute approximate surface area is 113 Å². The Hall–Kier alpha value is -1.56. The second-order valence-corrected chi connectivity index (χ2v) is 5.14. The van der Waals surface area contributed by atoms with Crippen LogP contribution in [0.2, 0.25) is 0 Å². The number of carbonyl (C=O) groups is 1. The van der Waals surface area contributed by atoms with Crippen LogP contribution < -0.4 is 11.1 Å². The predicted octanol–water partition coefficient (Wildman–Crippen LogP) is 0.827. The molecule has 0 spiro atoms. The van der Waals surface area contributed by atoms with Crippen LogP contribution >= 0.6 is 0 Å². The molecule has 0 aliphatic heterocycles. The molecular formula is C13H22N4O2. The van der Waals surface area contributed by atoms with E-state index in [1.54, 1.807) is 11.6 Å².